The van der Waals surface area contributed by atoms with Crippen LogP contribution in [0.25, 0.3) is 0 Å². The van der Waals surface area contributed by atoms with Gasteiger partial charge in [-0.3, -0.25) is 4.72 Å². The number of carboxylic acids is 1. The summed E-state index contributed by atoms with van der Waals surface area (Å²) in [5.41, 5.74) is 1.05. The van der Waals surface area contributed by atoms with Crippen molar-refractivity contribution < 1.29 is 18.3 Å². The van der Waals surface area contributed by atoms with Crippen molar-refractivity contribution in [3.63, 3.8) is 0 Å². The molecule has 2 aromatic carbocycles. The van der Waals surface area contributed by atoms with Gasteiger partial charge < -0.3 is 9.90 Å². The van der Waals surface area contributed by atoms with Crippen LogP contribution in [0.3, 0.4) is 0 Å². The SMILES string of the molecule is Cc1cc(I)ccc1NS(=O)(=O)c1cccc(C(=O)[O-])c1. The van der Waals surface area contributed by atoms with E-state index in [1.54, 1.807) is 19.1 Å². The van der Waals surface area contributed by atoms with Gasteiger partial charge in [0.15, 0.2) is 0 Å². The summed E-state index contributed by atoms with van der Waals surface area (Å²) < 4.78 is 28.0. The number of aryl methyl sites for hydroxylation is 1. The number of hydrogen-bond acceptors (Lipinski definition) is 4. The van der Waals surface area contributed by atoms with Crippen molar-refractivity contribution in [2.75, 3.05) is 4.72 Å². The lowest BCUT2D eigenvalue weighted by molar-refractivity contribution is -0.255. The Balaban J connectivity index is 2.38. The minimum absolute atomic E-state index is 0.123. The molecule has 2 rings (SSSR count). The van der Waals surface area contributed by atoms with Gasteiger partial charge in [0.25, 0.3) is 10.0 Å². The fourth-order valence-corrected chi connectivity index (χ4v) is 3.56. The van der Waals surface area contributed by atoms with Crippen LogP contribution in [0.5, 0.6) is 0 Å². The van der Waals surface area contributed by atoms with E-state index in [4.69, 9.17) is 0 Å². The maximum atomic E-state index is 12.3. The molecule has 21 heavy (non-hydrogen) atoms. The molecule has 0 unspecified atom stereocenters. The summed E-state index contributed by atoms with van der Waals surface area (Å²) in [6, 6.07) is 10.3. The van der Waals surface area contributed by atoms with E-state index < -0.39 is 16.0 Å². The summed E-state index contributed by atoms with van der Waals surface area (Å²) in [6.45, 7) is 1.79. The van der Waals surface area contributed by atoms with Crippen LogP contribution in [-0.4, -0.2) is 14.4 Å². The first-order valence-corrected chi connectivity index (χ1v) is 8.46. The highest BCUT2D eigenvalue weighted by Crippen LogP contribution is 2.22. The van der Waals surface area contributed by atoms with Gasteiger partial charge >= 0.3 is 0 Å². The first-order valence-electron chi connectivity index (χ1n) is 5.90. The Bertz CT molecular complexity index is 802. The fraction of sp³-hybridized carbons (Fsp3) is 0.0714. The Morgan fingerprint density at radius 1 is 1.19 bits per heavy atom. The van der Waals surface area contributed by atoms with Crippen LogP contribution in [0.4, 0.5) is 5.69 Å². The van der Waals surface area contributed by atoms with E-state index in [2.05, 4.69) is 27.3 Å². The van der Waals surface area contributed by atoms with E-state index in [9.17, 15) is 18.3 Å². The van der Waals surface area contributed by atoms with Crippen molar-refractivity contribution in [2.24, 2.45) is 0 Å². The molecule has 7 heteroatoms. The van der Waals surface area contributed by atoms with Crippen LogP contribution in [-0.2, 0) is 10.0 Å². The van der Waals surface area contributed by atoms with Crippen molar-refractivity contribution >= 4 is 44.3 Å². The van der Waals surface area contributed by atoms with E-state index in [1.165, 1.54) is 18.2 Å². The number of carbonyl (C=O) groups is 1. The molecule has 0 aliphatic rings. The lowest BCUT2D eigenvalue weighted by Crippen LogP contribution is -2.23. The molecular weight excluding hydrogens is 405 g/mol. The summed E-state index contributed by atoms with van der Waals surface area (Å²) >= 11 is 2.13. The summed E-state index contributed by atoms with van der Waals surface area (Å²) in [4.78, 5) is 10.7. The largest absolute Gasteiger partial charge is 0.545 e. The normalized spacial score (nSPS) is 11.1. The molecule has 2 aromatic rings. The maximum absolute atomic E-state index is 12.3. The van der Waals surface area contributed by atoms with Gasteiger partial charge in [0.05, 0.1) is 16.6 Å². The molecule has 0 amide bonds. The number of halogens is 1. The number of carbonyl (C=O) groups excluding carboxylic acids is 1. The fourth-order valence-electron chi connectivity index (χ4n) is 1.74. The second-order valence-electron chi connectivity index (χ2n) is 4.38. The number of aromatic carboxylic acids is 1. The van der Waals surface area contributed by atoms with Crippen molar-refractivity contribution in [1.29, 1.82) is 0 Å². The molecule has 0 aliphatic carbocycles. The molecule has 1 N–H and O–H groups in total. The Kier molecular flexibility index (Phi) is 4.52. The third-order valence-corrected chi connectivity index (χ3v) is 4.85. The monoisotopic (exact) mass is 416 g/mol. The standard InChI is InChI=1S/C14H12INO4S/c1-9-7-11(15)5-6-13(9)16-21(19,20)12-4-2-3-10(8-12)14(17)18/h2-8,16H,1H3,(H,17,18)/p-1. The van der Waals surface area contributed by atoms with Gasteiger partial charge in [0.2, 0.25) is 0 Å². The number of nitrogens with one attached hydrogen (secondary N) is 1. The second-order valence-corrected chi connectivity index (χ2v) is 7.31. The number of sulfonamides is 1. The lowest BCUT2D eigenvalue weighted by Gasteiger charge is -2.12. The zero-order chi connectivity index (χ0) is 15.6. The second kappa shape index (κ2) is 6.02. The molecule has 110 valence electrons. The number of hydrogen-bond donors (Lipinski definition) is 1. The first-order chi connectivity index (χ1) is 9.79. The lowest BCUT2D eigenvalue weighted by atomic mass is 10.2. The minimum Gasteiger partial charge on any atom is -0.545 e. The van der Waals surface area contributed by atoms with E-state index in [-0.39, 0.29) is 10.5 Å². The highest BCUT2D eigenvalue weighted by Gasteiger charge is 2.16. The third kappa shape index (κ3) is 3.73. The third-order valence-electron chi connectivity index (χ3n) is 2.81. The molecule has 0 saturated heterocycles. The molecule has 0 atom stereocenters. The van der Waals surface area contributed by atoms with Gasteiger partial charge in [0, 0.05) is 3.57 Å². The van der Waals surface area contributed by atoms with Crippen molar-refractivity contribution in [2.45, 2.75) is 11.8 Å². The zero-order valence-electron chi connectivity index (χ0n) is 11.0. The number of carboxylic acid groups (broad SMARTS) is 1. The summed E-state index contributed by atoms with van der Waals surface area (Å²) in [6.07, 6.45) is 0. The van der Waals surface area contributed by atoms with E-state index in [0.717, 1.165) is 15.2 Å². The summed E-state index contributed by atoms with van der Waals surface area (Å²) in [5.74, 6) is -1.42. The molecule has 0 aliphatic heterocycles. The highest BCUT2D eigenvalue weighted by molar-refractivity contribution is 14.1. The summed E-state index contributed by atoms with van der Waals surface area (Å²) in [5, 5.41) is 10.8. The van der Waals surface area contributed by atoms with Gasteiger partial charge in [-0.15, -0.1) is 0 Å². The Hall–Kier alpha value is -1.61. The molecule has 0 heterocycles. The van der Waals surface area contributed by atoms with E-state index in [0.29, 0.717) is 5.69 Å². The van der Waals surface area contributed by atoms with Gasteiger partial charge in [0.1, 0.15) is 0 Å². The highest BCUT2D eigenvalue weighted by atomic mass is 127. The van der Waals surface area contributed by atoms with Gasteiger partial charge in [-0.2, -0.15) is 0 Å². The molecule has 0 aromatic heterocycles. The van der Waals surface area contributed by atoms with E-state index >= 15 is 0 Å². The van der Waals surface area contributed by atoms with Crippen LogP contribution in [0.15, 0.2) is 47.4 Å². The van der Waals surface area contributed by atoms with Crippen LogP contribution in [0.1, 0.15) is 15.9 Å². The van der Waals surface area contributed by atoms with Crippen LogP contribution < -0.4 is 9.83 Å². The smallest absolute Gasteiger partial charge is 0.261 e. The summed E-state index contributed by atoms with van der Waals surface area (Å²) in [7, 11) is -3.85. The molecule has 0 bridgehead atoms. The molecule has 0 radical (unpaired) electrons. The molecule has 0 fully saturated rings. The van der Waals surface area contributed by atoms with Crippen LogP contribution in [0.2, 0.25) is 0 Å². The molecular formula is C14H11INO4S-. The Morgan fingerprint density at radius 2 is 1.90 bits per heavy atom. The minimum atomic E-state index is -3.85. The van der Waals surface area contributed by atoms with Gasteiger partial charge in [-0.25, -0.2) is 8.42 Å². The number of benzene rings is 2. The van der Waals surface area contributed by atoms with Crippen LogP contribution in [0, 0.1) is 10.5 Å². The molecule has 0 spiro atoms. The van der Waals surface area contributed by atoms with Crippen molar-refractivity contribution in [1.82, 2.24) is 0 Å². The average Bonchev–Trinajstić information content (AvgIpc) is 2.42. The first kappa shape index (κ1) is 15.8. The maximum Gasteiger partial charge on any atom is 0.261 e. The molecule has 0 saturated carbocycles. The van der Waals surface area contributed by atoms with Crippen molar-refractivity contribution in [3.8, 4) is 0 Å². The van der Waals surface area contributed by atoms with Gasteiger partial charge in [-0.1, -0.05) is 12.1 Å². The average molecular weight is 416 g/mol. The molecule has 5 nitrogen and oxygen atoms in total. The zero-order valence-corrected chi connectivity index (χ0v) is 13.9. The number of anilines is 1. The van der Waals surface area contributed by atoms with E-state index in [1.807, 2.05) is 6.07 Å². The van der Waals surface area contributed by atoms with Crippen LogP contribution >= 0.6 is 22.6 Å². The number of rotatable bonds is 4. The topological polar surface area (TPSA) is 86.3 Å². The van der Waals surface area contributed by atoms with Crippen molar-refractivity contribution in [3.05, 3.63) is 57.2 Å². The quantitative estimate of drug-likeness (QED) is 0.770. The Labute approximate surface area is 136 Å². The predicted molar refractivity (Wildman–Crippen MR) is 85.5 cm³/mol. The predicted octanol–water partition coefficient (Wildman–Crippen LogP) is 1.76. The Morgan fingerprint density at radius 3 is 2.52 bits per heavy atom. The van der Waals surface area contributed by atoms with Gasteiger partial charge in [-0.05, 0) is 71.0 Å².